The fourth-order valence-electron chi connectivity index (χ4n) is 2.16. The summed E-state index contributed by atoms with van der Waals surface area (Å²) in [7, 11) is 3.13. The standard InChI is InChI=1S/C19H20Cl2N2O4/c1-25-15-7-5-13(18(11-15)26-2)12-22-23-19(24)4-3-9-27-17-8-6-14(20)10-16(17)21/h5-8,10-12H,3-4,9H2,1-2H3,(H,23,24)/b22-12+. The van der Waals surface area contributed by atoms with Gasteiger partial charge in [-0.3, -0.25) is 4.79 Å². The summed E-state index contributed by atoms with van der Waals surface area (Å²) in [6.45, 7) is 0.352. The number of hydrazone groups is 1. The molecule has 1 N–H and O–H groups in total. The van der Waals surface area contributed by atoms with Crippen molar-refractivity contribution in [1.82, 2.24) is 5.43 Å². The first-order valence-corrected chi connectivity index (χ1v) is 8.91. The maximum atomic E-state index is 11.8. The van der Waals surface area contributed by atoms with Crippen LogP contribution in [0.1, 0.15) is 18.4 Å². The Morgan fingerprint density at radius 1 is 1.11 bits per heavy atom. The number of methoxy groups -OCH3 is 2. The topological polar surface area (TPSA) is 69.2 Å². The molecule has 0 aliphatic heterocycles. The van der Waals surface area contributed by atoms with Crippen LogP contribution in [-0.2, 0) is 4.79 Å². The molecular weight excluding hydrogens is 391 g/mol. The van der Waals surface area contributed by atoms with Gasteiger partial charge in [0.05, 0.1) is 32.1 Å². The van der Waals surface area contributed by atoms with E-state index < -0.39 is 0 Å². The minimum atomic E-state index is -0.218. The first kappa shape index (κ1) is 20.9. The van der Waals surface area contributed by atoms with Crippen molar-refractivity contribution in [2.75, 3.05) is 20.8 Å². The molecule has 0 heterocycles. The van der Waals surface area contributed by atoms with E-state index in [1.54, 1.807) is 50.6 Å². The molecule has 0 fully saturated rings. The predicted octanol–water partition coefficient (Wildman–Crippen LogP) is 4.32. The van der Waals surface area contributed by atoms with Crippen LogP contribution in [-0.4, -0.2) is 32.9 Å². The molecule has 0 saturated heterocycles. The van der Waals surface area contributed by atoms with E-state index in [4.69, 9.17) is 37.4 Å². The Balaban J connectivity index is 1.75. The monoisotopic (exact) mass is 410 g/mol. The van der Waals surface area contributed by atoms with Crippen molar-refractivity contribution >= 4 is 35.3 Å². The van der Waals surface area contributed by atoms with Gasteiger partial charge >= 0.3 is 0 Å². The molecule has 6 nitrogen and oxygen atoms in total. The molecule has 27 heavy (non-hydrogen) atoms. The molecule has 0 atom stereocenters. The number of rotatable bonds is 9. The highest BCUT2D eigenvalue weighted by atomic mass is 35.5. The second-order valence-corrected chi connectivity index (χ2v) is 6.27. The van der Waals surface area contributed by atoms with Gasteiger partial charge < -0.3 is 14.2 Å². The zero-order valence-corrected chi connectivity index (χ0v) is 16.5. The quantitative estimate of drug-likeness (QED) is 0.379. The van der Waals surface area contributed by atoms with E-state index in [2.05, 4.69) is 10.5 Å². The molecule has 0 radical (unpaired) electrons. The second-order valence-electron chi connectivity index (χ2n) is 5.43. The largest absolute Gasteiger partial charge is 0.497 e. The molecule has 0 aliphatic rings. The Kier molecular flexibility index (Phi) is 8.23. The fraction of sp³-hybridized carbons (Fsp3) is 0.263. The molecule has 0 bridgehead atoms. The van der Waals surface area contributed by atoms with E-state index in [0.717, 1.165) is 5.56 Å². The third-order valence-electron chi connectivity index (χ3n) is 3.53. The molecule has 2 aromatic rings. The van der Waals surface area contributed by atoms with Gasteiger partial charge in [0, 0.05) is 23.1 Å². The molecule has 0 spiro atoms. The summed E-state index contributed by atoms with van der Waals surface area (Å²) >= 11 is 11.8. The Morgan fingerprint density at radius 3 is 2.63 bits per heavy atom. The van der Waals surface area contributed by atoms with Crippen LogP contribution in [0.4, 0.5) is 0 Å². The number of halogens is 2. The molecule has 0 aliphatic carbocycles. The highest BCUT2D eigenvalue weighted by molar-refractivity contribution is 6.35. The average Bonchev–Trinajstić information content (AvgIpc) is 2.66. The number of hydrogen-bond donors (Lipinski definition) is 1. The first-order chi connectivity index (χ1) is 13.0. The zero-order valence-electron chi connectivity index (χ0n) is 15.0. The Morgan fingerprint density at radius 2 is 1.93 bits per heavy atom. The predicted molar refractivity (Wildman–Crippen MR) is 106 cm³/mol. The molecule has 0 saturated carbocycles. The third-order valence-corrected chi connectivity index (χ3v) is 4.06. The van der Waals surface area contributed by atoms with Gasteiger partial charge in [0.15, 0.2) is 0 Å². The molecule has 0 unspecified atom stereocenters. The van der Waals surface area contributed by atoms with E-state index in [9.17, 15) is 4.79 Å². The van der Waals surface area contributed by atoms with Gasteiger partial charge in [0.2, 0.25) is 5.91 Å². The number of carbonyl (C=O) groups is 1. The number of amides is 1. The van der Waals surface area contributed by atoms with Crippen molar-refractivity contribution in [3.63, 3.8) is 0 Å². The number of nitrogens with zero attached hydrogens (tertiary/aromatic N) is 1. The summed E-state index contributed by atoms with van der Waals surface area (Å²) in [4.78, 5) is 11.8. The lowest BCUT2D eigenvalue weighted by atomic mass is 10.2. The lowest BCUT2D eigenvalue weighted by Crippen LogP contribution is -2.18. The van der Waals surface area contributed by atoms with Crippen molar-refractivity contribution in [2.45, 2.75) is 12.8 Å². The minimum Gasteiger partial charge on any atom is -0.497 e. The van der Waals surface area contributed by atoms with Crippen LogP contribution >= 0.6 is 23.2 Å². The van der Waals surface area contributed by atoms with Crippen molar-refractivity contribution < 1.29 is 19.0 Å². The summed E-state index contributed by atoms with van der Waals surface area (Å²) in [5, 5.41) is 4.92. The highest BCUT2D eigenvalue weighted by Crippen LogP contribution is 2.27. The van der Waals surface area contributed by atoms with E-state index in [0.29, 0.717) is 40.3 Å². The summed E-state index contributed by atoms with van der Waals surface area (Å²) in [5.41, 5.74) is 3.19. The normalized spacial score (nSPS) is 10.7. The average molecular weight is 411 g/mol. The van der Waals surface area contributed by atoms with Crippen LogP contribution in [0.15, 0.2) is 41.5 Å². The number of hydrogen-bond acceptors (Lipinski definition) is 5. The van der Waals surface area contributed by atoms with Crippen molar-refractivity contribution in [3.8, 4) is 17.2 Å². The number of benzene rings is 2. The molecule has 1 amide bonds. The Bertz CT molecular complexity index is 812. The van der Waals surface area contributed by atoms with E-state index in [1.165, 1.54) is 6.21 Å². The van der Waals surface area contributed by atoms with Gasteiger partial charge in [0.1, 0.15) is 17.2 Å². The van der Waals surface area contributed by atoms with Crippen LogP contribution in [0, 0.1) is 0 Å². The molecule has 8 heteroatoms. The second kappa shape index (κ2) is 10.6. The minimum absolute atomic E-state index is 0.218. The molecule has 0 aromatic heterocycles. The zero-order chi connectivity index (χ0) is 19.6. The van der Waals surface area contributed by atoms with Gasteiger partial charge in [0.25, 0.3) is 0 Å². The Hall–Kier alpha value is -2.44. The SMILES string of the molecule is COc1ccc(/C=N/NC(=O)CCCOc2ccc(Cl)cc2Cl)c(OC)c1. The van der Waals surface area contributed by atoms with Gasteiger partial charge in [-0.15, -0.1) is 0 Å². The van der Waals surface area contributed by atoms with Crippen LogP contribution in [0.2, 0.25) is 10.0 Å². The van der Waals surface area contributed by atoms with Gasteiger partial charge in [-0.25, -0.2) is 5.43 Å². The van der Waals surface area contributed by atoms with E-state index >= 15 is 0 Å². The number of nitrogens with one attached hydrogen (secondary N) is 1. The van der Waals surface area contributed by atoms with Crippen molar-refractivity contribution in [2.24, 2.45) is 5.10 Å². The van der Waals surface area contributed by atoms with Gasteiger partial charge in [-0.2, -0.15) is 5.10 Å². The number of carbonyl (C=O) groups excluding carboxylic acids is 1. The van der Waals surface area contributed by atoms with Crippen molar-refractivity contribution in [1.29, 1.82) is 0 Å². The first-order valence-electron chi connectivity index (χ1n) is 8.15. The molecule has 2 aromatic carbocycles. The maximum absolute atomic E-state index is 11.8. The molecule has 2 rings (SSSR count). The maximum Gasteiger partial charge on any atom is 0.240 e. The fourth-order valence-corrected chi connectivity index (χ4v) is 2.62. The summed E-state index contributed by atoms with van der Waals surface area (Å²) in [6, 6.07) is 10.3. The summed E-state index contributed by atoms with van der Waals surface area (Å²) in [6.07, 6.45) is 2.30. The van der Waals surface area contributed by atoms with Crippen LogP contribution < -0.4 is 19.6 Å². The summed E-state index contributed by atoms with van der Waals surface area (Å²) in [5.74, 6) is 1.59. The number of ether oxygens (including phenoxy) is 3. The third kappa shape index (κ3) is 6.66. The lowest BCUT2D eigenvalue weighted by Gasteiger charge is -2.08. The molecule has 144 valence electrons. The van der Waals surface area contributed by atoms with E-state index in [-0.39, 0.29) is 12.3 Å². The van der Waals surface area contributed by atoms with Crippen LogP contribution in [0.25, 0.3) is 0 Å². The molecular formula is C19H20Cl2N2O4. The van der Waals surface area contributed by atoms with E-state index in [1.807, 2.05) is 0 Å². The Labute approximate surface area is 168 Å². The summed E-state index contributed by atoms with van der Waals surface area (Å²) < 4.78 is 15.9. The van der Waals surface area contributed by atoms with Gasteiger partial charge in [-0.05, 0) is 36.8 Å². The van der Waals surface area contributed by atoms with Crippen LogP contribution in [0.5, 0.6) is 17.2 Å². The van der Waals surface area contributed by atoms with Crippen molar-refractivity contribution in [3.05, 3.63) is 52.0 Å². The van der Waals surface area contributed by atoms with Gasteiger partial charge in [-0.1, -0.05) is 23.2 Å². The lowest BCUT2D eigenvalue weighted by molar-refractivity contribution is -0.121. The van der Waals surface area contributed by atoms with Crippen LogP contribution in [0.3, 0.4) is 0 Å². The highest BCUT2D eigenvalue weighted by Gasteiger charge is 2.05. The smallest absolute Gasteiger partial charge is 0.240 e.